The number of nitrogens with one attached hydrogen (secondary N) is 1. The molecule has 0 amide bonds. The number of hydroxylamine groups is 1. The second-order valence-electron chi connectivity index (χ2n) is 8.00. The zero-order valence-electron chi connectivity index (χ0n) is 16.9. The quantitative estimate of drug-likeness (QED) is 0.359. The van der Waals surface area contributed by atoms with Crippen molar-refractivity contribution in [3.05, 3.63) is 119 Å². The van der Waals surface area contributed by atoms with Crippen LogP contribution in [0.1, 0.15) is 36.0 Å². The Morgan fingerprint density at radius 2 is 1.10 bits per heavy atom. The predicted octanol–water partition coefficient (Wildman–Crippen LogP) is 5.87. The van der Waals surface area contributed by atoms with Crippen LogP contribution in [-0.4, -0.2) is 8.32 Å². The van der Waals surface area contributed by atoms with Crippen molar-refractivity contribution in [2.24, 2.45) is 0 Å². The van der Waals surface area contributed by atoms with Crippen molar-refractivity contribution >= 4 is 8.32 Å². The largest absolute Gasteiger partial charge is 0.321 e. The Morgan fingerprint density at radius 3 is 1.48 bits per heavy atom. The smallest absolute Gasteiger partial charge is 0.242 e. The third-order valence-corrected chi connectivity index (χ3v) is 9.24. The molecule has 0 heterocycles. The lowest BCUT2D eigenvalue weighted by Crippen LogP contribution is -2.50. The number of benzene rings is 3. The molecule has 0 aromatic heterocycles. The average molecular weight is 400 g/mol. The summed E-state index contributed by atoms with van der Waals surface area (Å²) in [6.45, 7) is 0. The molecule has 3 heteroatoms. The highest BCUT2D eigenvalue weighted by Gasteiger charge is 2.37. The Kier molecular flexibility index (Phi) is 6.60. The molecule has 0 radical (unpaired) electrons. The molecule has 0 unspecified atom stereocenters. The van der Waals surface area contributed by atoms with E-state index in [1.165, 1.54) is 28.8 Å². The first-order valence-electron chi connectivity index (χ1n) is 10.6. The van der Waals surface area contributed by atoms with Crippen LogP contribution in [0.2, 0.25) is 0 Å². The van der Waals surface area contributed by atoms with Crippen LogP contribution < -0.4 is 5.48 Å². The molecule has 0 atom stereocenters. The molecule has 0 bridgehead atoms. The van der Waals surface area contributed by atoms with Gasteiger partial charge in [0, 0.05) is 5.70 Å². The Labute approximate surface area is 175 Å². The molecule has 0 aliphatic heterocycles. The SMILES string of the molecule is C1=C(NO[Si](Cc2ccccc2)(Cc2ccccc2)Cc2ccccc2)CCC1. The van der Waals surface area contributed by atoms with E-state index >= 15 is 0 Å². The highest BCUT2D eigenvalue weighted by atomic mass is 28.4. The zero-order chi connectivity index (χ0) is 19.8. The van der Waals surface area contributed by atoms with Crippen LogP contribution in [0.5, 0.6) is 0 Å². The normalized spacial score (nSPS) is 13.9. The summed E-state index contributed by atoms with van der Waals surface area (Å²) < 4.78 is 6.75. The van der Waals surface area contributed by atoms with E-state index in [4.69, 9.17) is 4.53 Å². The van der Waals surface area contributed by atoms with Crippen molar-refractivity contribution in [1.82, 2.24) is 5.48 Å². The third kappa shape index (κ3) is 5.69. The van der Waals surface area contributed by atoms with Gasteiger partial charge in [0.1, 0.15) is 0 Å². The summed E-state index contributed by atoms with van der Waals surface area (Å²) in [6, 6.07) is 35.4. The minimum Gasteiger partial charge on any atom is -0.321 e. The first-order chi connectivity index (χ1) is 14.3. The average Bonchev–Trinajstić information content (AvgIpc) is 3.28. The van der Waals surface area contributed by atoms with E-state index in [0.717, 1.165) is 31.0 Å². The van der Waals surface area contributed by atoms with Gasteiger partial charge in [0.2, 0.25) is 8.32 Å². The van der Waals surface area contributed by atoms with Crippen molar-refractivity contribution in [2.45, 2.75) is 37.4 Å². The maximum atomic E-state index is 6.75. The summed E-state index contributed by atoms with van der Waals surface area (Å²) >= 11 is 0. The second kappa shape index (κ2) is 9.73. The van der Waals surface area contributed by atoms with Gasteiger partial charge in [-0.1, -0.05) is 97.1 Å². The van der Waals surface area contributed by atoms with E-state index in [1.54, 1.807) is 0 Å². The summed E-state index contributed by atoms with van der Waals surface area (Å²) in [4.78, 5) is 0. The molecular formula is C26H29NOSi. The highest BCUT2D eigenvalue weighted by Crippen LogP contribution is 2.25. The molecular weight excluding hydrogens is 370 g/mol. The molecule has 0 saturated carbocycles. The summed E-state index contributed by atoms with van der Waals surface area (Å²) in [5.41, 5.74) is 8.72. The van der Waals surface area contributed by atoms with E-state index in [2.05, 4.69) is 103 Å². The van der Waals surface area contributed by atoms with Crippen LogP contribution in [0.3, 0.4) is 0 Å². The van der Waals surface area contributed by atoms with Crippen LogP contribution in [0, 0.1) is 0 Å². The standard InChI is InChI=1S/C26H29NOSi/c1-4-12-23(13-5-1)20-29(21-24-14-6-2-7-15-24,22-25-16-8-3-9-17-25)28-27-26-18-10-11-19-26/h1-9,12-18,27H,10-11,19-22H2. The van der Waals surface area contributed by atoms with Crippen LogP contribution in [0.15, 0.2) is 103 Å². The Hall–Kier alpha value is -2.62. The first-order valence-corrected chi connectivity index (χ1v) is 13.1. The van der Waals surface area contributed by atoms with Crippen molar-refractivity contribution in [3.8, 4) is 0 Å². The van der Waals surface area contributed by atoms with Gasteiger partial charge in [0.15, 0.2) is 0 Å². The molecule has 0 fully saturated rings. The van der Waals surface area contributed by atoms with E-state index in [0.29, 0.717) is 0 Å². The molecule has 3 aromatic rings. The third-order valence-electron chi connectivity index (χ3n) is 5.55. The van der Waals surface area contributed by atoms with Crippen molar-refractivity contribution in [2.75, 3.05) is 0 Å². The molecule has 29 heavy (non-hydrogen) atoms. The second-order valence-corrected chi connectivity index (χ2v) is 11.6. The topological polar surface area (TPSA) is 21.3 Å². The van der Waals surface area contributed by atoms with Gasteiger partial charge in [0.05, 0.1) is 0 Å². The van der Waals surface area contributed by atoms with Gasteiger partial charge in [0.25, 0.3) is 0 Å². The number of hydrogen-bond acceptors (Lipinski definition) is 2. The molecule has 3 aromatic carbocycles. The van der Waals surface area contributed by atoms with Crippen molar-refractivity contribution in [3.63, 3.8) is 0 Å². The summed E-state index contributed by atoms with van der Waals surface area (Å²) in [5.74, 6) is 0. The van der Waals surface area contributed by atoms with Crippen LogP contribution in [0.4, 0.5) is 0 Å². The van der Waals surface area contributed by atoms with Gasteiger partial charge in [-0.15, -0.1) is 0 Å². The summed E-state index contributed by atoms with van der Waals surface area (Å²) in [5, 5.41) is 0. The lowest BCUT2D eigenvalue weighted by atomic mass is 10.2. The summed E-state index contributed by atoms with van der Waals surface area (Å²) in [6.07, 6.45) is 5.74. The van der Waals surface area contributed by atoms with Gasteiger partial charge in [-0.05, 0) is 54.1 Å². The van der Waals surface area contributed by atoms with Gasteiger partial charge >= 0.3 is 0 Å². The zero-order valence-corrected chi connectivity index (χ0v) is 17.9. The van der Waals surface area contributed by atoms with Crippen LogP contribution in [-0.2, 0) is 22.7 Å². The number of rotatable bonds is 9. The Bertz CT molecular complexity index is 808. The van der Waals surface area contributed by atoms with Gasteiger partial charge in [-0.2, -0.15) is 0 Å². The van der Waals surface area contributed by atoms with E-state index in [1.807, 2.05) is 0 Å². The van der Waals surface area contributed by atoms with Gasteiger partial charge in [-0.3, -0.25) is 5.48 Å². The fourth-order valence-electron chi connectivity index (χ4n) is 4.14. The maximum Gasteiger partial charge on any atom is 0.242 e. The number of allylic oxidation sites excluding steroid dienone is 2. The van der Waals surface area contributed by atoms with E-state index in [9.17, 15) is 0 Å². The lowest BCUT2D eigenvalue weighted by molar-refractivity contribution is 0.205. The fraction of sp³-hybridized carbons (Fsp3) is 0.231. The molecule has 2 nitrogen and oxygen atoms in total. The Morgan fingerprint density at radius 1 is 0.655 bits per heavy atom. The van der Waals surface area contributed by atoms with Gasteiger partial charge < -0.3 is 4.53 Å². The van der Waals surface area contributed by atoms with Gasteiger partial charge in [-0.25, -0.2) is 0 Å². The molecule has 0 spiro atoms. The molecule has 148 valence electrons. The Balaban J connectivity index is 1.66. The monoisotopic (exact) mass is 399 g/mol. The number of hydrogen-bond donors (Lipinski definition) is 1. The molecule has 0 saturated heterocycles. The molecule has 4 rings (SSSR count). The fourth-order valence-corrected chi connectivity index (χ4v) is 8.01. The van der Waals surface area contributed by atoms with E-state index in [-0.39, 0.29) is 0 Å². The highest BCUT2D eigenvalue weighted by molar-refractivity contribution is 6.72. The minimum absolute atomic E-state index is 0.984. The minimum atomic E-state index is -2.24. The molecule has 1 N–H and O–H groups in total. The van der Waals surface area contributed by atoms with E-state index < -0.39 is 8.32 Å². The first kappa shape index (κ1) is 19.7. The van der Waals surface area contributed by atoms with Crippen molar-refractivity contribution in [1.29, 1.82) is 0 Å². The predicted molar refractivity (Wildman–Crippen MR) is 122 cm³/mol. The molecule has 1 aliphatic rings. The van der Waals surface area contributed by atoms with Crippen molar-refractivity contribution < 1.29 is 4.53 Å². The van der Waals surface area contributed by atoms with Crippen LogP contribution >= 0.6 is 0 Å². The molecule has 1 aliphatic carbocycles. The summed E-state index contributed by atoms with van der Waals surface area (Å²) in [7, 11) is -2.24. The maximum absolute atomic E-state index is 6.75. The van der Waals surface area contributed by atoms with Crippen LogP contribution in [0.25, 0.3) is 0 Å². The lowest BCUT2D eigenvalue weighted by Gasteiger charge is -2.32.